The summed E-state index contributed by atoms with van der Waals surface area (Å²) in [6.07, 6.45) is 7.07. The normalized spacial score (nSPS) is 10.6. The third-order valence-corrected chi connectivity index (χ3v) is 2.76. The average Bonchev–Trinajstić information content (AvgIpc) is 2.39. The standard InChI is InChI=1S/C14H10N2O/c17-14-4-2-1-3-11(14)13-9-16-7-10-5-6-15-8-12(10)13/h1-9,17H. The Morgan fingerprint density at radius 3 is 2.59 bits per heavy atom. The Morgan fingerprint density at radius 2 is 1.71 bits per heavy atom. The molecule has 0 fully saturated rings. The number of para-hydroxylation sites is 1. The summed E-state index contributed by atoms with van der Waals surface area (Å²) in [7, 11) is 0. The summed E-state index contributed by atoms with van der Waals surface area (Å²) in [6, 6.07) is 9.15. The highest BCUT2D eigenvalue weighted by Gasteiger charge is 2.07. The molecule has 0 unspecified atom stereocenters. The summed E-state index contributed by atoms with van der Waals surface area (Å²) in [4.78, 5) is 8.31. The molecule has 0 atom stereocenters. The van der Waals surface area contributed by atoms with E-state index in [4.69, 9.17) is 0 Å². The number of nitrogens with zero attached hydrogens (tertiary/aromatic N) is 2. The zero-order valence-corrected chi connectivity index (χ0v) is 9.04. The van der Waals surface area contributed by atoms with E-state index < -0.39 is 0 Å². The van der Waals surface area contributed by atoms with E-state index in [2.05, 4.69) is 9.97 Å². The second kappa shape index (κ2) is 3.87. The van der Waals surface area contributed by atoms with Gasteiger partial charge >= 0.3 is 0 Å². The van der Waals surface area contributed by atoms with E-state index in [0.717, 1.165) is 21.9 Å². The largest absolute Gasteiger partial charge is 0.507 e. The zero-order valence-electron chi connectivity index (χ0n) is 9.04. The van der Waals surface area contributed by atoms with E-state index in [-0.39, 0.29) is 5.75 Å². The fourth-order valence-electron chi connectivity index (χ4n) is 1.92. The molecule has 0 bridgehead atoms. The van der Waals surface area contributed by atoms with E-state index in [9.17, 15) is 5.11 Å². The Hall–Kier alpha value is -2.42. The van der Waals surface area contributed by atoms with Gasteiger partial charge in [-0.3, -0.25) is 9.97 Å². The molecule has 3 heteroatoms. The first-order valence-corrected chi connectivity index (χ1v) is 5.32. The van der Waals surface area contributed by atoms with Gasteiger partial charge in [-0.05, 0) is 12.1 Å². The highest BCUT2D eigenvalue weighted by Crippen LogP contribution is 2.32. The molecule has 0 saturated carbocycles. The van der Waals surface area contributed by atoms with Crippen molar-refractivity contribution in [2.24, 2.45) is 0 Å². The van der Waals surface area contributed by atoms with Gasteiger partial charge in [0.05, 0.1) is 0 Å². The first-order valence-electron chi connectivity index (χ1n) is 5.32. The molecule has 17 heavy (non-hydrogen) atoms. The zero-order chi connectivity index (χ0) is 11.7. The van der Waals surface area contributed by atoms with Gasteiger partial charge in [0.15, 0.2) is 0 Å². The van der Waals surface area contributed by atoms with Crippen LogP contribution < -0.4 is 0 Å². The van der Waals surface area contributed by atoms with Gasteiger partial charge in [-0.2, -0.15) is 0 Å². The van der Waals surface area contributed by atoms with Crippen molar-refractivity contribution in [3.05, 3.63) is 55.1 Å². The van der Waals surface area contributed by atoms with Crippen LogP contribution in [0, 0.1) is 0 Å². The molecule has 0 aliphatic carbocycles. The molecule has 3 rings (SSSR count). The van der Waals surface area contributed by atoms with Crippen molar-refractivity contribution in [1.29, 1.82) is 0 Å². The Balaban J connectivity index is 2.35. The van der Waals surface area contributed by atoms with Gasteiger partial charge in [-0.15, -0.1) is 0 Å². The lowest BCUT2D eigenvalue weighted by atomic mass is 10.0. The second-order valence-corrected chi connectivity index (χ2v) is 3.80. The van der Waals surface area contributed by atoms with E-state index in [1.54, 1.807) is 36.9 Å². The molecule has 2 aromatic heterocycles. The Kier molecular flexibility index (Phi) is 2.22. The first-order chi connectivity index (χ1) is 8.36. The lowest BCUT2D eigenvalue weighted by Crippen LogP contribution is -1.85. The van der Waals surface area contributed by atoms with Crippen molar-refractivity contribution in [2.45, 2.75) is 0 Å². The minimum absolute atomic E-state index is 0.255. The van der Waals surface area contributed by atoms with Crippen LogP contribution in [0.15, 0.2) is 55.1 Å². The predicted octanol–water partition coefficient (Wildman–Crippen LogP) is 3.00. The SMILES string of the molecule is Oc1ccccc1-c1cncc2ccncc12. The van der Waals surface area contributed by atoms with Crippen LogP contribution in [-0.2, 0) is 0 Å². The number of aromatic nitrogens is 2. The molecule has 1 N–H and O–H groups in total. The molecule has 2 heterocycles. The van der Waals surface area contributed by atoms with Gasteiger partial charge < -0.3 is 5.11 Å². The minimum Gasteiger partial charge on any atom is -0.507 e. The van der Waals surface area contributed by atoms with E-state index in [1.165, 1.54) is 0 Å². The molecule has 0 aliphatic heterocycles. The molecule has 3 nitrogen and oxygen atoms in total. The topological polar surface area (TPSA) is 46.0 Å². The van der Waals surface area contributed by atoms with Crippen LogP contribution in [0.3, 0.4) is 0 Å². The maximum absolute atomic E-state index is 9.88. The van der Waals surface area contributed by atoms with Crippen molar-refractivity contribution in [3.8, 4) is 16.9 Å². The quantitative estimate of drug-likeness (QED) is 0.688. The number of phenolic OH excluding ortho intramolecular Hbond substituents is 1. The maximum atomic E-state index is 9.88. The number of hydrogen-bond donors (Lipinski definition) is 1. The highest BCUT2D eigenvalue weighted by molar-refractivity contribution is 5.96. The smallest absolute Gasteiger partial charge is 0.123 e. The molecule has 0 saturated heterocycles. The molecule has 0 radical (unpaired) electrons. The molecule has 1 aromatic carbocycles. The van der Waals surface area contributed by atoms with Crippen molar-refractivity contribution in [3.63, 3.8) is 0 Å². The predicted molar refractivity (Wildman–Crippen MR) is 66.6 cm³/mol. The van der Waals surface area contributed by atoms with Crippen LogP contribution in [0.2, 0.25) is 0 Å². The number of fused-ring (bicyclic) bond motifs is 1. The molecular formula is C14H10N2O. The molecular weight excluding hydrogens is 212 g/mol. The Labute approximate surface area is 98.4 Å². The summed E-state index contributed by atoms with van der Waals surface area (Å²) in [5.74, 6) is 0.255. The highest BCUT2D eigenvalue weighted by atomic mass is 16.3. The lowest BCUT2D eigenvalue weighted by Gasteiger charge is -2.07. The third kappa shape index (κ3) is 1.61. The maximum Gasteiger partial charge on any atom is 0.123 e. The van der Waals surface area contributed by atoms with Crippen LogP contribution in [0.5, 0.6) is 5.75 Å². The van der Waals surface area contributed by atoms with Crippen molar-refractivity contribution in [2.75, 3.05) is 0 Å². The molecule has 0 amide bonds. The van der Waals surface area contributed by atoms with Crippen molar-refractivity contribution >= 4 is 10.8 Å². The number of hydrogen-bond acceptors (Lipinski definition) is 3. The van der Waals surface area contributed by atoms with Gasteiger partial charge in [0.2, 0.25) is 0 Å². The fourth-order valence-corrected chi connectivity index (χ4v) is 1.92. The molecule has 3 aromatic rings. The second-order valence-electron chi connectivity index (χ2n) is 3.80. The van der Waals surface area contributed by atoms with Crippen LogP contribution in [0.25, 0.3) is 21.9 Å². The third-order valence-electron chi connectivity index (χ3n) is 2.76. The number of pyridine rings is 2. The van der Waals surface area contributed by atoms with Crippen LogP contribution in [-0.4, -0.2) is 15.1 Å². The average molecular weight is 222 g/mol. The summed E-state index contributed by atoms with van der Waals surface area (Å²) in [6.45, 7) is 0. The van der Waals surface area contributed by atoms with Gasteiger partial charge in [0.1, 0.15) is 5.75 Å². The fraction of sp³-hybridized carbons (Fsp3) is 0. The van der Waals surface area contributed by atoms with E-state index >= 15 is 0 Å². The lowest BCUT2D eigenvalue weighted by molar-refractivity contribution is 0.477. The molecule has 0 aliphatic rings. The van der Waals surface area contributed by atoms with Crippen molar-refractivity contribution < 1.29 is 5.11 Å². The summed E-state index contributed by atoms with van der Waals surface area (Å²) < 4.78 is 0. The summed E-state index contributed by atoms with van der Waals surface area (Å²) >= 11 is 0. The van der Waals surface area contributed by atoms with E-state index in [1.807, 2.05) is 18.2 Å². The van der Waals surface area contributed by atoms with Crippen LogP contribution in [0.1, 0.15) is 0 Å². The number of rotatable bonds is 1. The van der Waals surface area contributed by atoms with Crippen molar-refractivity contribution in [1.82, 2.24) is 9.97 Å². The van der Waals surface area contributed by atoms with Crippen LogP contribution >= 0.6 is 0 Å². The number of benzene rings is 1. The van der Waals surface area contributed by atoms with Crippen LogP contribution in [0.4, 0.5) is 0 Å². The Morgan fingerprint density at radius 1 is 0.824 bits per heavy atom. The van der Waals surface area contributed by atoms with Gasteiger partial charge in [0.25, 0.3) is 0 Å². The summed E-state index contributed by atoms with van der Waals surface area (Å²) in [5, 5.41) is 11.9. The molecule has 0 spiro atoms. The van der Waals surface area contributed by atoms with Gasteiger partial charge in [-0.1, -0.05) is 18.2 Å². The monoisotopic (exact) mass is 222 g/mol. The summed E-state index contributed by atoms with van der Waals surface area (Å²) in [5.41, 5.74) is 1.67. The first kappa shape index (κ1) is 9.78. The molecule has 82 valence electrons. The van der Waals surface area contributed by atoms with E-state index in [0.29, 0.717) is 0 Å². The number of phenols is 1. The van der Waals surface area contributed by atoms with Gasteiger partial charge in [-0.25, -0.2) is 0 Å². The number of aromatic hydroxyl groups is 1. The van der Waals surface area contributed by atoms with Gasteiger partial charge in [0, 0.05) is 46.7 Å². The minimum atomic E-state index is 0.255. The Bertz CT molecular complexity index is 674.